The van der Waals surface area contributed by atoms with E-state index in [1.54, 1.807) is 19.2 Å². The average Bonchev–Trinajstić information content (AvgIpc) is 2.61. The maximum absolute atomic E-state index is 12.7. The maximum atomic E-state index is 12.7. The summed E-state index contributed by atoms with van der Waals surface area (Å²) in [7, 11) is 1.58. The van der Waals surface area contributed by atoms with Gasteiger partial charge in [-0.3, -0.25) is 4.79 Å². The van der Waals surface area contributed by atoms with E-state index in [-0.39, 0.29) is 12.3 Å². The molecule has 6 nitrogen and oxygen atoms in total. The Bertz CT molecular complexity index is 684. The number of carbonyl (C=O) groups excluding carboxylic acids is 1. The van der Waals surface area contributed by atoms with E-state index in [2.05, 4.69) is 0 Å². The number of halogens is 1. The quantitative estimate of drug-likeness (QED) is 0.885. The molecule has 1 saturated carbocycles. The van der Waals surface area contributed by atoms with Gasteiger partial charge in [-0.05, 0) is 30.5 Å². The van der Waals surface area contributed by atoms with Crippen molar-refractivity contribution in [1.29, 1.82) is 0 Å². The normalized spacial score (nSPS) is 18.5. The molecule has 1 aliphatic heterocycles. The summed E-state index contributed by atoms with van der Waals surface area (Å²) in [5.41, 5.74) is -0.421. The van der Waals surface area contributed by atoms with Gasteiger partial charge in [-0.2, -0.15) is 0 Å². The van der Waals surface area contributed by atoms with Crippen LogP contribution in [0.5, 0.6) is 11.5 Å². The molecule has 0 spiro atoms. The van der Waals surface area contributed by atoms with Crippen LogP contribution in [0.3, 0.4) is 0 Å². The van der Waals surface area contributed by atoms with Gasteiger partial charge in [0.15, 0.2) is 11.5 Å². The zero-order valence-corrected chi connectivity index (χ0v) is 15.0. The lowest BCUT2D eigenvalue weighted by Crippen LogP contribution is -2.56. The molecule has 0 atom stereocenters. The van der Waals surface area contributed by atoms with E-state index in [9.17, 15) is 14.7 Å². The van der Waals surface area contributed by atoms with E-state index >= 15 is 0 Å². The summed E-state index contributed by atoms with van der Waals surface area (Å²) in [6.45, 7) is 0.873. The van der Waals surface area contributed by atoms with Crippen LogP contribution in [0.4, 0.5) is 0 Å². The van der Waals surface area contributed by atoms with Crippen LogP contribution in [0, 0.1) is 0 Å². The van der Waals surface area contributed by atoms with Crippen LogP contribution in [-0.4, -0.2) is 47.7 Å². The van der Waals surface area contributed by atoms with Crippen LogP contribution in [0.2, 0.25) is 5.02 Å². The molecular formula is C18H22ClNO5. The summed E-state index contributed by atoms with van der Waals surface area (Å²) in [6, 6.07) is 3.41. The van der Waals surface area contributed by atoms with Crippen LogP contribution < -0.4 is 9.47 Å². The van der Waals surface area contributed by atoms with Crippen molar-refractivity contribution < 1.29 is 24.2 Å². The lowest BCUT2D eigenvalue weighted by atomic mass is 9.80. The minimum Gasteiger partial charge on any atom is -0.486 e. The maximum Gasteiger partial charge on any atom is 0.329 e. The lowest BCUT2D eigenvalue weighted by Gasteiger charge is -2.41. The molecule has 1 amide bonds. The summed E-state index contributed by atoms with van der Waals surface area (Å²) in [6.07, 6.45) is 3.70. The summed E-state index contributed by atoms with van der Waals surface area (Å²) in [4.78, 5) is 26.0. The summed E-state index contributed by atoms with van der Waals surface area (Å²) >= 11 is 6.21. The number of nitrogens with zero attached hydrogens (tertiary/aromatic N) is 1. The minimum absolute atomic E-state index is 0.0713. The van der Waals surface area contributed by atoms with Crippen molar-refractivity contribution in [2.75, 3.05) is 20.3 Å². The first-order valence-corrected chi connectivity index (χ1v) is 8.90. The Labute approximate surface area is 151 Å². The number of aliphatic carboxylic acids is 1. The van der Waals surface area contributed by atoms with Gasteiger partial charge in [-0.25, -0.2) is 4.79 Å². The molecule has 3 rings (SSSR count). The highest BCUT2D eigenvalue weighted by Crippen LogP contribution is 2.39. The van der Waals surface area contributed by atoms with E-state index < -0.39 is 11.5 Å². The van der Waals surface area contributed by atoms with Crippen LogP contribution in [-0.2, 0) is 16.0 Å². The van der Waals surface area contributed by atoms with Crippen molar-refractivity contribution in [2.24, 2.45) is 0 Å². The van der Waals surface area contributed by atoms with Gasteiger partial charge < -0.3 is 19.5 Å². The molecule has 0 radical (unpaired) electrons. The van der Waals surface area contributed by atoms with Crippen molar-refractivity contribution in [3.63, 3.8) is 0 Å². The van der Waals surface area contributed by atoms with Crippen molar-refractivity contribution in [3.05, 3.63) is 22.7 Å². The van der Waals surface area contributed by atoms with Crippen molar-refractivity contribution in [1.82, 2.24) is 4.90 Å². The predicted octanol–water partition coefficient (Wildman–Crippen LogP) is 2.90. The third kappa shape index (κ3) is 3.40. The molecule has 0 bridgehead atoms. The first-order valence-electron chi connectivity index (χ1n) is 8.52. The van der Waals surface area contributed by atoms with Gasteiger partial charge in [0.05, 0.1) is 11.4 Å². The second-order valence-corrected chi connectivity index (χ2v) is 7.04. The zero-order chi connectivity index (χ0) is 18.0. The Morgan fingerprint density at radius 3 is 2.56 bits per heavy atom. The summed E-state index contributed by atoms with van der Waals surface area (Å²) in [5.74, 6) is -0.151. The molecule has 0 aromatic heterocycles. The number of rotatable bonds is 4. The number of likely N-dealkylation sites (N-methyl/N-ethyl adjacent to an activating group) is 1. The highest BCUT2D eigenvalue weighted by Gasteiger charge is 2.45. The Balaban J connectivity index is 1.79. The first-order chi connectivity index (χ1) is 11.9. The molecule has 1 aromatic carbocycles. The molecule has 1 N–H and O–H groups in total. The van der Waals surface area contributed by atoms with E-state index in [1.165, 1.54) is 4.90 Å². The van der Waals surface area contributed by atoms with E-state index in [0.29, 0.717) is 48.1 Å². The second kappa shape index (κ2) is 7.12. The third-order valence-electron chi connectivity index (χ3n) is 5.11. The van der Waals surface area contributed by atoms with Crippen LogP contribution in [0.1, 0.15) is 37.7 Å². The van der Waals surface area contributed by atoms with Crippen molar-refractivity contribution in [3.8, 4) is 11.5 Å². The number of carbonyl (C=O) groups is 2. The van der Waals surface area contributed by atoms with Crippen LogP contribution >= 0.6 is 11.6 Å². The van der Waals surface area contributed by atoms with Crippen molar-refractivity contribution in [2.45, 2.75) is 44.1 Å². The summed E-state index contributed by atoms with van der Waals surface area (Å²) in [5, 5.41) is 10.1. The Kier molecular flexibility index (Phi) is 5.08. The van der Waals surface area contributed by atoms with Gasteiger partial charge in [0, 0.05) is 7.05 Å². The largest absolute Gasteiger partial charge is 0.486 e. The fourth-order valence-electron chi connectivity index (χ4n) is 3.63. The number of carboxylic acid groups (broad SMARTS) is 1. The summed E-state index contributed by atoms with van der Waals surface area (Å²) < 4.78 is 11.0. The SMILES string of the molecule is CN(C(=O)Cc1cc(Cl)c2c(c1)OCCO2)C1(C(=O)O)CCCCC1. The minimum atomic E-state index is -1.10. The Morgan fingerprint density at radius 2 is 1.88 bits per heavy atom. The molecule has 1 fully saturated rings. The van der Waals surface area contributed by atoms with Crippen molar-refractivity contribution >= 4 is 23.5 Å². The molecule has 1 aliphatic carbocycles. The van der Waals surface area contributed by atoms with Gasteiger partial charge >= 0.3 is 5.97 Å². The van der Waals surface area contributed by atoms with Gasteiger partial charge in [0.25, 0.3) is 0 Å². The number of ether oxygens (including phenoxy) is 2. The van der Waals surface area contributed by atoms with E-state index in [4.69, 9.17) is 21.1 Å². The number of fused-ring (bicyclic) bond motifs is 1. The first kappa shape index (κ1) is 17.9. The number of benzene rings is 1. The smallest absolute Gasteiger partial charge is 0.329 e. The molecule has 136 valence electrons. The van der Waals surface area contributed by atoms with Gasteiger partial charge in [0.2, 0.25) is 5.91 Å². The molecular weight excluding hydrogens is 346 g/mol. The monoisotopic (exact) mass is 367 g/mol. The van der Waals surface area contributed by atoms with E-state index in [0.717, 1.165) is 19.3 Å². The molecule has 2 aliphatic rings. The van der Waals surface area contributed by atoms with Crippen LogP contribution in [0.15, 0.2) is 12.1 Å². The van der Waals surface area contributed by atoms with E-state index in [1.807, 2.05) is 0 Å². The fraction of sp³-hybridized carbons (Fsp3) is 0.556. The molecule has 1 aromatic rings. The second-order valence-electron chi connectivity index (χ2n) is 6.63. The lowest BCUT2D eigenvalue weighted by molar-refractivity contribution is -0.160. The standard InChI is InChI=1S/C18H22ClNO5/c1-20(18(17(22)23)5-3-2-4-6-18)15(21)11-12-9-13(19)16-14(10-12)24-7-8-25-16/h9-10H,2-8,11H2,1H3,(H,22,23). The molecule has 7 heteroatoms. The number of hydrogen-bond donors (Lipinski definition) is 1. The fourth-order valence-corrected chi connectivity index (χ4v) is 3.92. The Morgan fingerprint density at radius 1 is 1.20 bits per heavy atom. The highest BCUT2D eigenvalue weighted by molar-refractivity contribution is 6.32. The number of carboxylic acids is 1. The predicted molar refractivity (Wildman–Crippen MR) is 92.4 cm³/mol. The van der Waals surface area contributed by atoms with Gasteiger partial charge in [-0.1, -0.05) is 30.9 Å². The number of amides is 1. The molecule has 0 saturated heterocycles. The van der Waals surface area contributed by atoms with Gasteiger partial charge in [0.1, 0.15) is 18.8 Å². The zero-order valence-electron chi connectivity index (χ0n) is 14.2. The molecule has 25 heavy (non-hydrogen) atoms. The average molecular weight is 368 g/mol. The third-order valence-corrected chi connectivity index (χ3v) is 5.39. The van der Waals surface area contributed by atoms with Gasteiger partial charge in [-0.15, -0.1) is 0 Å². The topological polar surface area (TPSA) is 76.1 Å². The van der Waals surface area contributed by atoms with Crippen LogP contribution in [0.25, 0.3) is 0 Å². The molecule has 1 heterocycles. The molecule has 0 unspecified atom stereocenters. The number of hydrogen-bond acceptors (Lipinski definition) is 4. The Hall–Kier alpha value is -1.95. The highest BCUT2D eigenvalue weighted by atomic mass is 35.5.